The molecule has 0 aliphatic carbocycles. The summed E-state index contributed by atoms with van der Waals surface area (Å²) < 4.78 is 0. The van der Waals surface area contributed by atoms with Crippen LogP contribution in [-0.4, -0.2) is 31.8 Å². The third-order valence-electron chi connectivity index (χ3n) is 3.07. The van der Waals surface area contributed by atoms with Crippen molar-refractivity contribution in [1.82, 2.24) is 5.32 Å². The molecule has 0 aliphatic heterocycles. The van der Waals surface area contributed by atoms with Gasteiger partial charge in [0.2, 0.25) is 0 Å². The molecular weight excluding hydrogens is 224 g/mol. The van der Waals surface area contributed by atoms with Crippen LogP contribution in [0.3, 0.4) is 0 Å². The predicted molar refractivity (Wildman–Crippen MR) is 78.0 cm³/mol. The fourth-order valence-corrected chi connectivity index (χ4v) is 1.79. The Morgan fingerprint density at radius 1 is 1.11 bits per heavy atom. The van der Waals surface area contributed by atoms with Crippen molar-refractivity contribution in [1.29, 1.82) is 0 Å². The molecule has 18 heavy (non-hydrogen) atoms. The molecule has 1 aromatic rings. The molecule has 0 bridgehead atoms. The Hall–Kier alpha value is -1.06. The molecule has 0 aromatic heterocycles. The maximum absolute atomic E-state index is 10.3. The standard InChI is InChI=1S/C15H26N2O/c1-11(2)10-16-12(3)15(18)13-6-8-14(9-7-13)17(4)5/h6-9,11-12,15-16,18H,10H2,1-5H3. The van der Waals surface area contributed by atoms with Crippen LogP contribution in [0.1, 0.15) is 32.4 Å². The van der Waals surface area contributed by atoms with Crippen LogP contribution in [0.5, 0.6) is 0 Å². The predicted octanol–water partition coefficient (Wildman–Crippen LogP) is 2.42. The SMILES string of the molecule is CC(C)CNC(C)C(O)c1ccc(N(C)C)cc1. The van der Waals surface area contributed by atoms with E-state index in [9.17, 15) is 5.11 Å². The fourth-order valence-electron chi connectivity index (χ4n) is 1.79. The van der Waals surface area contributed by atoms with E-state index in [1.165, 1.54) is 0 Å². The molecule has 0 saturated carbocycles. The van der Waals surface area contributed by atoms with Crippen molar-refractivity contribution >= 4 is 5.69 Å². The van der Waals surface area contributed by atoms with E-state index in [0.29, 0.717) is 5.92 Å². The van der Waals surface area contributed by atoms with E-state index >= 15 is 0 Å². The van der Waals surface area contributed by atoms with Crippen LogP contribution in [-0.2, 0) is 0 Å². The highest BCUT2D eigenvalue weighted by atomic mass is 16.3. The topological polar surface area (TPSA) is 35.5 Å². The maximum atomic E-state index is 10.3. The summed E-state index contributed by atoms with van der Waals surface area (Å²) in [4.78, 5) is 2.05. The third-order valence-corrected chi connectivity index (χ3v) is 3.07. The zero-order valence-corrected chi connectivity index (χ0v) is 12.1. The van der Waals surface area contributed by atoms with Crippen molar-refractivity contribution in [2.45, 2.75) is 32.9 Å². The summed E-state index contributed by atoms with van der Waals surface area (Å²) in [5, 5.41) is 13.6. The lowest BCUT2D eigenvalue weighted by atomic mass is 10.0. The second-order valence-electron chi connectivity index (χ2n) is 5.52. The van der Waals surface area contributed by atoms with Gasteiger partial charge in [0.05, 0.1) is 6.10 Å². The molecule has 0 radical (unpaired) electrons. The molecular formula is C15H26N2O. The van der Waals surface area contributed by atoms with Crippen LogP contribution in [0.15, 0.2) is 24.3 Å². The number of benzene rings is 1. The van der Waals surface area contributed by atoms with Crippen LogP contribution in [0.25, 0.3) is 0 Å². The molecule has 0 saturated heterocycles. The maximum Gasteiger partial charge on any atom is 0.0940 e. The smallest absolute Gasteiger partial charge is 0.0940 e. The summed E-state index contributed by atoms with van der Waals surface area (Å²) in [6, 6.07) is 8.13. The average Bonchev–Trinajstić information content (AvgIpc) is 2.35. The van der Waals surface area contributed by atoms with Crippen molar-refractivity contribution in [3.63, 3.8) is 0 Å². The Morgan fingerprint density at radius 3 is 2.11 bits per heavy atom. The monoisotopic (exact) mass is 250 g/mol. The Bertz CT molecular complexity index is 346. The number of aliphatic hydroxyl groups is 1. The van der Waals surface area contributed by atoms with Crippen molar-refractivity contribution in [3.8, 4) is 0 Å². The number of aliphatic hydroxyl groups excluding tert-OH is 1. The Balaban J connectivity index is 2.62. The van der Waals surface area contributed by atoms with E-state index in [-0.39, 0.29) is 6.04 Å². The van der Waals surface area contributed by atoms with Gasteiger partial charge in [-0.1, -0.05) is 26.0 Å². The summed E-state index contributed by atoms with van der Waals surface area (Å²) in [6.45, 7) is 7.27. The van der Waals surface area contributed by atoms with Gasteiger partial charge < -0.3 is 15.3 Å². The minimum Gasteiger partial charge on any atom is -0.387 e. The number of anilines is 1. The number of hydrogen-bond acceptors (Lipinski definition) is 3. The Morgan fingerprint density at radius 2 is 1.67 bits per heavy atom. The van der Waals surface area contributed by atoms with E-state index in [0.717, 1.165) is 17.8 Å². The van der Waals surface area contributed by atoms with Crippen LogP contribution >= 0.6 is 0 Å². The van der Waals surface area contributed by atoms with Gasteiger partial charge in [0.15, 0.2) is 0 Å². The van der Waals surface area contributed by atoms with Gasteiger partial charge >= 0.3 is 0 Å². The van der Waals surface area contributed by atoms with Crippen LogP contribution < -0.4 is 10.2 Å². The lowest BCUT2D eigenvalue weighted by Crippen LogP contribution is -2.34. The van der Waals surface area contributed by atoms with Crippen molar-refractivity contribution < 1.29 is 5.11 Å². The highest BCUT2D eigenvalue weighted by molar-refractivity contribution is 5.46. The van der Waals surface area contributed by atoms with Crippen LogP contribution in [0, 0.1) is 5.92 Å². The van der Waals surface area contributed by atoms with Crippen LogP contribution in [0.4, 0.5) is 5.69 Å². The molecule has 1 rings (SSSR count). The second-order valence-corrected chi connectivity index (χ2v) is 5.52. The summed E-state index contributed by atoms with van der Waals surface area (Å²) in [5.41, 5.74) is 2.11. The molecule has 2 N–H and O–H groups in total. The number of rotatable bonds is 6. The fraction of sp³-hybridized carbons (Fsp3) is 0.600. The molecule has 1 aromatic carbocycles. The first-order valence-corrected chi connectivity index (χ1v) is 6.60. The molecule has 0 aliphatic rings. The van der Waals surface area contributed by atoms with Gasteiger partial charge in [0.25, 0.3) is 0 Å². The molecule has 3 nitrogen and oxygen atoms in total. The molecule has 2 atom stereocenters. The van der Waals surface area contributed by atoms with Crippen molar-refractivity contribution in [3.05, 3.63) is 29.8 Å². The highest BCUT2D eigenvalue weighted by Gasteiger charge is 2.16. The molecule has 0 amide bonds. The van der Waals surface area contributed by atoms with Gasteiger partial charge in [0, 0.05) is 25.8 Å². The van der Waals surface area contributed by atoms with Gasteiger partial charge in [-0.2, -0.15) is 0 Å². The van der Waals surface area contributed by atoms with Gasteiger partial charge in [-0.05, 0) is 37.1 Å². The number of hydrogen-bond donors (Lipinski definition) is 2. The number of nitrogens with zero attached hydrogens (tertiary/aromatic N) is 1. The van der Waals surface area contributed by atoms with E-state index in [1.54, 1.807) is 0 Å². The molecule has 2 unspecified atom stereocenters. The van der Waals surface area contributed by atoms with Gasteiger partial charge in [-0.3, -0.25) is 0 Å². The van der Waals surface area contributed by atoms with Crippen molar-refractivity contribution in [2.24, 2.45) is 5.92 Å². The van der Waals surface area contributed by atoms with E-state index in [4.69, 9.17) is 0 Å². The largest absolute Gasteiger partial charge is 0.387 e. The van der Waals surface area contributed by atoms with Crippen molar-refractivity contribution in [2.75, 3.05) is 25.5 Å². The third kappa shape index (κ3) is 4.31. The molecule has 0 heterocycles. The Kier molecular flexibility index (Phi) is 5.63. The molecule has 3 heteroatoms. The Labute approximate surface area is 111 Å². The minimum absolute atomic E-state index is 0.0672. The summed E-state index contributed by atoms with van der Waals surface area (Å²) >= 11 is 0. The minimum atomic E-state index is -0.458. The first-order chi connectivity index (χ1) is 8.41. The average molecular weight is 250 g/mol. The van der Waals surface area contributed by atoms with Gasteiger partial charge in [-0.15, -0.1) is 0 Å². The molecule has 0 spiro atoms. The lowest BCUT2D eigenvalue weighted by Gasteiger charge is -2.22. The van der Waals surface area contributed by atoms with E-state index in [2.05, 4.69) is 24.1 Å². The van der Waals surface area contributed by atoms with Gasteiger partial charge in [-0.25, -0.2) is 0 Å². The summed E-state index contributed by atoms with van der Waals surface area (Å²) in [5.74, 6) is 0.593. The molecule has 102 valence electrons. The quantitative estimate of drug-likeness (QED) is 0.814. The molecule has 0 fully saturated rings. The van der Waals surface area contributed by atoms with E-state index < -0.39 is 6.10 Å². The normalized spacial score (nSPS) is 14.6. The summed E-state index contributed by atoms with van der Waals surface area (Å²) in [6.07, 6.45) is -0.458. The van der Waals surface area contributed by atoms with Gasteiger partial charge in [0.1, 0.15) is 0 Å². The zero-order valence-electron chi connectivity index (χ0n) is 12.1. The highest BCUT2D eigenvalue weighted by Crippen LogP contribution is 2.20. The second kappa shape index (κ2) is 6.76. The zero-order chi connectivity index (χ0) is 13.7. The lowest BCUT2D eigenvalue weighted by molar-refractivity contribution is 0.134. The summed E-state index contributed by atoms with van der Waals surface area (Å²) in [7, 11) is 4.02. The van der Waals surface area contributed by atoms with E-state index in [1.807, 2.05) is 45.3 Å². The van der Waals surface area contributed by atoms with Crippen LogP contribution in [0.2, 0.25) is 0 Å². The first-order valence-electron chi connectivity index (χ1n) is 6.60. The number of nitrogens with one attached hydrogen (secondary N) is 1. The first kappa shape index (κ1) is 15.0.